The highest BCUT2D eigenvalue weighted by Crippen LogP contribution is 2.31. The molecular weight excluding hydrogens is 402 g/mol. The van der Waals surface area contributed by atoms with Gasteiger partial charge in [-0.2, -0.15) is 0 Å². The van der Waals surface area contributed by atoms with Crippen LogP contribution in [0.4, 0.5) is 5.69 Å². The van der Waals surface area contributed by atoms with Crippen LogP contribution in [0, 0.1) is 0 Å². The average Bonchev–Trinajstić information content (AvgIpc) is 3.02. The molecule has 32 heavy (non-hydrogen) atoms. The number of carbonyl (C=O) groups excluding carboxylic acids is 2. The summed E-state index contributed by atoms with van der Waals surface area (Å²) in [6.45, 7) is 10.5. The van der Waals surface area contributed by atoms with Crippen molar-refractivity contribution in [2.75, 3.05) is 44.7 Å². The van der Waals surface area contributed by atoms with Gasteiger partial charge in [0.15, 0.2) is 0 Å². The minimum atomic E-state index is -0.276. The van der Waals surface area contributed by atoms with Gasteiger partial charge in [0, 0.05) is 31.9 Å². The van der Waals surface area contributed by atoms with Crippen LogP contribution in [0.3, 0.4) is 0 Å². The Hall–Kier alpha value is -2.96. The Balaban J connectivity index is 1.59. The molecule has 0 bridgehead atoms. The van der Waals surface area contributed by atoms with E-state index in [0.717, 1.165) is 24.3 Å². The molecule has 1 saturated heterocycles. The van der Waals surface area contributed by atoms with E-state index in [4.69, 9.17) is 4.74 Å². The van der Waals surface area contributed by atoms with Gasteiger partial charge in [0.05, 0.1) is 18.8 Å². The molecule has 4 rings (SSSR count). The second-order valence-corrected chi connectivity index (χ2v) is 9.28. The van der Waals surface area contributed by atoms with E-state index in [-0.39, 0.29) is 17.2 Å². The fourth-order valence-corrected chi connectivity index (χ4v) is 4.03. The summed E-state index contributed by atoms with van der Waals surface area (Å²) >= 11 is 0. The van der Waals surface area contributed by atoms with E-state index < -0.39 is 0 Å². The number of carbonyl (C=O) groups is 2. The predicted octanol–water partition coefficient (Wildman–Crippen LogP) is 3.51. The molecule has 2 aliphatic rings. The Bertz CT molecular complexity index is 1000. The van der Waals surface area contributed by atoms with Gasteiger partial charge >= 0.3 is 0 Å². The minimum absolute atomic E-state index is 0.0441. The SMILES string of the molecule is CC(C)(C)c1ccc(NC2=C(c3ccccc3)C(=O)N(CCN3CCOCC3)C2=O)cc1. The first kappa shape index (κ1) is 22.2. The second kappa shape index (κ2) is 9.27. The van der Waals surface area contributed by atoms with Crippen LogP contribution in [0.2, 0.25) is 0 Å². The lowest BCUT2D eigenvalue weighted by atomic mass is 9.87. The fourth-order valence-electron chi connectivity index (χ4n) is 4.03. The third-order valence-electron chi connectivity index (χ3n) is 5.99. The van der Waals surface area contributed by atoms with Crippen LogP contribution >= 0.6 is 0 Å². The molecule has 2 aromatic carbocycles. The molecule has 0 radical (unpaired) electrons. The summed E-state index contributed by atoms with van der Waals surface area (Å²) in [5, 5.41) is 3.25. The Kier molecular flexibility index (Phi) is 6.44. The lowest BCUT2D eigenvalue weighted by Crippen LogP contribution is -2.43. The fraction of sp³-hybridized carbons (Fsp3) is 0.385. The molecule has 1 fully saturated rings. The molecule has 6 nitrogen and oxygen atoms in total. The number of hydrogen-bond acceptors (Lipinski definition) is 5. The summed E-state index contributed by atoms with van der Waals surface area (Å²) < 4.78 is 5.39. The Morgan fingerprint density at radius 2 is 1.53 bits per heavy atom. The molecule has 0 aliphatic carbocycles. The zero-order valence-corrected chi connectivity index (χ0v) is 19.1. The van der Waals surface area contributed by atoms with Crippen molar-refractivity contribution < 1.29 is 14.3 Å². The maximum atomic E-state index is 13.3. The first-order valence-corrected chi connectivity index (χ1v) is 11.2. The minimum Gasteiger partial charge on any atom is -0.379 e. The van der Waals surface area contributed by atoms with E-state index in [1.807, 2.05) is 42.5 Å². The van der Waals surface area contributed by atoms with Crippen molar-refractivity contribution in [1.29, 1.82) is 0 Å². The summed E-state index contributed by atoms with van der Waals surface area (Å²) in [4.78, 5) is 30.3. The number of rotatable bonds is 6. The van der Waals surface area contributed by atoms with Gasteiger partial charge in [0.25, 0.3) is 11.8 Å². The number of nitrogens with one attached hydrogen (secondary N) is 1. The van der Waals surface area contributed by atoms with Crippen molar-refractivity contribution in [2.45, 2.75) is 26.2 Å². The van der Waals surface area contributed by atoms with Gasteiger partial charge in [-0.15, -0.1) is 0 Å². The predicted molar refractivity (Wildman–Crippen MR) is 126 cm³/mol. The lowest BCUT2D eigenvalue weighted by Gasteiger charge is -2.28. The molecule has 6 heteroatoms. The number of amides is 2. The van der Waals surface area contributed by atoms with Crippen LogP contribution in [0.15, 0.2) is 60.3 Å². The molecule has 0 aromatic heterocycles. The van der Waals surface area contributed by atoms with Crippen molar-refractivity contribution in [1.82, 2.24) is 9.80 Å². The smallest absolute Gasteiger partial charge is 0.278 e. The topological polar surface area (TPSA) is 61.9 Å². The standard InChI is InChI=1S/C26H31N3O3/c1-26(2,3)20-9-11-21(12-10-20)27-23-22(19-7-5-4-6-8-19)24(30)29(25(23)31)14-13-28-15-17-32-18-16-28/h4-12,27H,13-18H2,1-3H3. The van der Waals surface area contributed by atoms with E-state index >= 15 is 0 Å². The Morgan fingerprint density at radius 3 is 2.16 bits per heavy atom. The average molecular weight is 434 g/mol. The number of hydrogen-bond donors (Lipinski definition) is 1. The Labute approximate surface area is 189 Å². The van der Waals surface area contributed by atoms with Gasteiger partial charge in [0.2, 0.25) is 0 Å². The first-order chi connectivity index (χ1) is 15.3. The molecule has 0 saturated carbocycles. The zero-order chi connectivity index (χ0) is 22.7. The molecule has 1 N–H and O–H groups in total. The molecule has 0 unspecified atom stereocenters. The third-order valence-corrected chi connectivity index (χ3v) is 5.99. The maximum Gasteiger partial charge on any atom is 0.278 e. The van der Waals surface area contributed by atoms with Crippen LogP contribution in [-0.4, -0.2) is 61.0 Å². The van der Waals surface area contributed by atoms with Gasteiger partial charge in [-0.3, -0.25) is 19.4 Å². The van der Waals surface area contributed by atoms with Crippen LogP contribution in [-0.2, 0) is 19.7 Å². The van der Waals surface area contributed by atoms with Crippen molar-refractivity contribution in [3.8, 4) is 0 Å². The summed E-state index contributed by atoms with van der Waals surface area (Å²) in [5.74, 6) is -0.523. The van der Waals surface area contributed by atoms with Gasteiger partial charge in [-0.25, -0.2) is 0 Å². The maximum absolute atomic E-state index is 13.3. The van der Waals surface area contributed by atoms with Crippen LogP contribution in [0.5, 0.6) is 0 Å². The second-order valence-electron chi connectivity index (χ2n) is 9.28. The van der Waals surface area contributed by atoms with Crippen LogP contribution in [0.1, 0.15) is 31.9 Å². The molecule has 2 amide bonds. The number of benzene rings is 2. The molecule has 2 heterocycles. The van der Waals surface area contributed by atoms with Gasteiger partial charge in [-0.1, -0.05) is 63.2 Å². The molecule has 168 valence electrons. The molecule has 0 spiro atoms. The number of nitrogens with zero attached hydrogens (tertiary/aromatic N) is 2. The summed E-state index contributed by atoms with van der Waals surface area (Å²) in [6.07, 6.45) is 0. The Morgan fingerprint density at radius 1 is 0.875 bits per heavy atom. The van der Waals surface area contributed by atoms with Crippen LogP contribution in [0.25, 0.3) is 5.57 Å². The van der Waals surface area contributed by atoms with E-state index in [9.17, 15) is 9.59 Å². The van der Waals surface area contributed by atoms with E-state index in [2.05, 4.69) is 43.1 Å². The molecule has 2 aromatic rings. The van der Waals surface area contributed by atoms with Gasteiger partial charge < -0.3 is 10.1 Å². The molecular formula is C26H31N3O3. The highest BCUT2D eigenvalue weighted by atomic mass is 16.5. The number of imide groups is 1. The molecule has 0 atom stereocenters. The summed E-state index contributed by atoms with van der Waals surface area (Å²) in [6, 6.07) is 17.4. The number of ether oxygens (including phenoxy) is 1. The lowest BCUT2D eigenvalue weighted by molar-refractivity contribution is -0.137. The van der Waals surface area contributed by atoms with E-state index in [1.54, 1.807) is 0 Å². The van der Waals surface area contributed by atoms with Crippen molar-refractivity contribution >= 4 is 23.1 Å². The van der Waals surface area contributed by atoms with E-state index in [0.29, 0.717) is 37.6 Å². The summed E-state index contributed by atoms with van der Waals surface area (Å²) in [5.41, 5.74) is 3.55. The quantitative estimate of drug-likeness (QED) is 0.707. The van der Waals surface area contributed by atoms with Crippen molar-refractivity contribution in [2.24, 2.45) is 0 Å². The number of anilines is 1. The van der Waals surface area contributed by atoms with Gasteiger partial charge in [-0.05, 0) is 28.7 Å². The van der Waals surface area contributed by atoms with Crippen molar-refractivity contribution in [3.63, 3.8) is 0 Å². The molecule has 2 aliphatic heterocycles. The highest BCUT2D eigenvalue weighted by molar-refractivity contribution is 6.36. The first-order valence-electron chi connectivity index (χ1n) is 11.2. The largest absolute Gasteiger partial charge is 0.379 e. The highest BCUT2D eigenvalue weighted by Gasteiger charge is 2.39. The third kappa shape index (κ3) is 4.76. The van der Waals surface area contributed by atoms with Crippen molar-refractivity contribution in [3.05, 3.63) is 71.4 Å². The van der Waals surface area contributed by atoms with Gasteiger partial charge in [0.1, 0.15) is 5.70 Å². The van der Waals surface area contributed by atoms with Crippen LogP contribution < -0.4 is 5.32 Å². The normalized spacial score (nSPS) is 17.9. The number of morpholine rings is 1. The van der Waals surface area contributed by atoms with E-state index in [1.165, 1.54) is 10.5 Å². The monoisotopic (exact) mass is 433 g/mol. The zero-order valence-electron chi connectivity index (χ0n) is 19.1. The summed E-state index contributed by atoms with van der Waals surface area (Å²) in [7, 11) is 0.